The summed E-state index contributed by atoms with van der Waals surface area (Å²) in [4.78, 5) is 27.8. The van der Waals surface area contributed by atoms with E-state index in [0.29, 0.717) is 5.56 Å². The van der Waals surface area contributed by atoms with Gasteiger partial charge in [-0.2, -0.15) is 0 Å². The Morgan fingerprint density at radius 1 is 1.17 bits per heavy atom. The molecule has 3 aromatic rings. The van der Waals surface area contributed by atoms with Crippen LogP contribution in [0.4, 0.5) is 0 Å². The molecule has 1 N–H and O–H groups in total. The average molecular weight is 308 g/mol. The summed E-state index contributed by atoms with van der Waals surface area (Å²) in [6.07, 6.45) is 4.89. The van der Waals surface area contributed by atoms with Crippen LogP contribution in [0.25, 0.3) is 22.6 Å². The second-order valence-electron chi connectivity index (χ2n) is 5.18. The summed E-state index contributed by atoms with van der Waals surface area (Å²) in [6.45, 7) is 3.92. The maximum atomic E-state index is 11.6. The maximum Gasteiger partial charge on any atom is 0.339 e. The molecule has 0 aromatic carbocycles. The highest BCUT2D eigenvalue weighted by molar-refractivity contribution is 5.90. The monoisotopic (exact) mass is 308 g/mol. The topological polar surface area (TPSA) is 80.8 Å². The van der Waals surface area contributed by atoms with Crippen LogP contribution >= 0.6 is 0 Å². The lowest BCUT2D eigenvalue weighted by atomic mass is 10.1. The van der Waals surface area contributed by atoms with Crippen LogP contribution in [-0.4, -0.2) is 33.0 Å². The summed E-state index contributed by atoms with van der Waals surface area (Å²) in [5.74, 6) is 0.310. The van der Waals surface area contributed by atoms with Crippen LogP contribution < -0.4 is 0 Å². The third kappa shape index (κ3) is 2.96. The minimum Gasteiger partial charge on any atom is -0.465 e. The second-order valence-corrected chi connectivity index (χ2v) is 5.18. The minimum atomic E-state index is -0.411. The zero-order chi connectivity index (χ0) is 16.4. The van der Waals surface area contributed by atoms with Gasteiger partial charge in [-0.1, -0.05) is 0 Å². The van der Waals surface area contributed by atoms with Crippen LogP contribution in [0.1, 0.15) is 21.7 Å². The number of carbonyl (C=O) groups excluding carboxylic acids is 1. The smallest absolute Gasteiger partial charge is 0.339 e. The molecule has 0 aliphatic carbocycles. The molecule has 3 aromatic heterocycles. The van der Waals surface area contributed by atoms with Gasteiger partial charge < -0.3 is 9.72 Å². The molecule has 0 unspecified atom stereocenters. The SMILES string of the molecule is COC(=O)c1cncc(-c2ccnc(-c3nc(C)c(C)[nH]3)c2)c1. The molecule has 0 saturated heterocycles. The molecule has 6 nitrogen and oxygen atoms in total. The van der Waals surface area contributed by atoms with Gasteiger partial charge >= 0.3 is 5.97 Å². The lowest BCUT2D eigenvalue weighted by Crippen LogP contribution is -2.01. The van der Waals surface area contributed by atoms with Gasteiger partial charge in [-0.25, -0.2) is 9.78 Å². The normalized spacial score (nSPS) is 10.6. The highest BCUT2D eigenvalue weighted by atomic mass is 16.5. The number of nitrogens with one attached hydrogen (secondary N) is 1. The predicted octanol–water partition coefficient (Wildman–Crippen LogP) is 2.94. The van der Waals surface area contributed by atoms with E-state index in [2.05, 4.69) is 19.9 Å². The van der Waals surface area contributed by atoms with E-state index >= 15 is 0 Å². The van der Waals surface area contributed by atoms with E-state index in [9.17, 15) is 4.79 Å². The van der Waals surface area contributed by atoms with Gasteiger partial charge in [-0.3, -0.25) is 9.97 Å². The summed E-state index contributed by atoms with van der Waals surface area (Å²) in [6, 6.07) is 5.52. The Morgan fingerprint density at radius 3 is 2.70 bits per heavy atom. The standard InChI is InChI=1S/C17H16N4O2/c1-10-11(2)21-16(20-10)15-7-12(4-5-19-15)13-6-14(9-18-8-13)17(22)23-3/h4-9H,1-3H3,(H,20,21). The molecule has 0 radical (unpaired) electrons. The van der Waals surface area contributed by atoms with Gasteiger partial charge in [0.05, 0.1) is 18.4 Å². The van der Waals surface area contributed by atoms with E-state index in [4.69, 9.17) is 4.74 Å². The van der Waals surface area contributed by atoms with Crippen LogP contribution in [-0.2, 0) is 4.74 Å². The molecule has 6 heteroatoms. The molecular formula is C17H16N4O2. The number of ether oxygens (including phenoxy) is 1. The molecule has 23 heavy (non-hydrogen) atoms. The molecule has 0 aliphatic rings. The number of carbonyl (C=O) groups is 1. The number of aromatic amines is 1. The number of hydrogen-bond donors (Lipinski definition) is 1. The molecule has 116 valence electrons. The molecule has 0 atom stereocenters. The van der Waals surface area contributed by atoms with Crippen LogP contribution in [0.2, 0.25) is 0 Å². The average Bonchev–Trinajstić information content (AvgIpc) is 2.93. The van der Waals surface area contributed by atoms with Gasteiger partial charge in [0, 0.05) is 29.8 Å². The molecule has 0 saturated carbocycles. The minimum absolute atomic E-state index is 0.410. The molecule has 0 bridgehead atoms. The van der Waals surface area contributed by atoms with Crippen molar-refractivity contribution in [2.45, 2.75) is 13.8 Å². The van der Waals surface area contributed by atoms with Crippen LogP contribution in [0.3, 0.4) is 0 Å². The largest absolute Gasteiger partial charge is 0.465 e. The number of esters is 1. The molecular weight excluding hydrogens is 292 g/mol. The van der Waals surface area contributed by atoms with E-state index in [0.717, 1.165) is 34.0 Å². The first-order valence-electron chi connectivity index (χ1n) is 7.12. The van der Waals surface area contributed by atoms with Gasteiger partial charge in [0.2, 0.25) is 0 Å². The zero-order valence-corrected chi connectivity index (χ0v) is 13.1. The molecule has 3 rings (SSSR count). The van der Waals surface area contributed by atoms with Gasteiger partial charge in [-0.05, 0) is 37.6 Å². The lowest BCUT2D eigenvalue weighted by molar-refractivity contribution is 0.0600. The number of pyridine rings is 2. The fourth-order valence-electron chi connectivity index (χ4n) is 2.24. The predicted molar refractivity (Wildman–Crippen MR) is 85.9 cm³/mol. The number of imidazole rings is 1. The molecule has 0 spiro atoms. The van der Waals surface area contributed by atoms with E-state index in [1.807, 2.05) is 26.0 Å². The number of methoxy groups -OCH3 is 1. The number of aryl methyl sites for hydroxylation is 2. The number of hydrogen-bond acceptors (Lipinski definition) is 5. The summed E-state index contributed by atoms with van der Waals surface area (Å²) in [7, 11) is 1.35. The van der Waals surface area contributed by atoms with Crippen LogP contribution in [0, 0.1) is 13.8 Å². The third-order valence-corrected chi connectivity index (χ3v) is 3.62. The first-order chi connectivity index (χ1) is 11.1. The summed E-state index contributed by atoms with van der Waals surface area (Å²) < 4.78 is 4.73. The van der Waals surface area contributed by atoms with E-state index in [1.165, 1.54) is 13.3 Å². The first-order valence-corrected chi connectivity index (χ1v) is 7.12. The fraction of sp³-hybridized carbons (Fsp3) is 0.176. The third-order valence-electron chi connectivity index (χ3n) is 3.62. The van der Waals surface area contributed by atoms with Gasteiger partial charge in [0.25, 0.3) is 0 Å². The Balaban J connectivity index is 2.01. The van der Waals surface area contributed by atoms with Crippen molar-refractivity contribution < 1.29 is 9.53 Å². The number of H-pyrrole nitrogens is 1. The molecule has 3 heterocycles. The van der Waals surface area contributed by atoms with Gasteiger partial charge in [0.15, 0.2) is 5.82 Å². The van der Waals surface area contributed by atoms with E-state index in [-0.39, 0.29) is 0 Å². The van der Waals surface area contributed by atoms with Crippen molar-refractivity contribution in [3.05, 3.63) is 53.7 Å². The summed E-state index contributed by atoms with van der Waals surface area (Å²) in [5.41, 5.74) is 4.83. The van der Waals surface area contributed by atoms with Crippen molar-refractivity contribution in [2.24, 2.45) is 0 Å². The van der Waals surface area contributed by atoms with Crippen molar-refractivity contribution >= 4 is 5.97 Å². The Bertz CT molecular complexity index is 851. The highest BCUT2D eigenvalue weighted by Crippen LogP contribution is 2.24. The van der Waals surface area contributed by atoms with E-state index < -0.39 is 5.97 Å². The Labute approximate surface area is 133 Å². The van der Waals surface area contributed by atoms with Crippen LogP contribution in [0.5, 0.6) is 0 Å². The summed E-state index contributed by atoms with van der Waals surface area (Å²) >= 11 is 0. The van der Waals surface area contributed by atoms with Crippen molar-refractivity contribution in [3.8, 4) is 22.6 Å². The fourth-order valence-corrected chi connectivity index (χ4v) is 2.24. The Hall–Kier alpha value is -3.02. The van der Waals surface area contributed by atoms with Gasteiger partial charge in [-0.15, -0.1) is 0 Å². The first kappa shape index (κ1) is 14.9. The maximum absolute atomic E-state index is 11.6. The van der Waals surface area contributed by atoms with Crippen molar-refractivity contribution in [2.75, 3.05) is 7.11 Å². The lowest BCUT2D eigenvalue weighted by Gasteiger charge is -2.05. The zero-order valence-electron chi connectivity index (χ0n) is 13.1. The second kappa shape index (κ2) is 6.00. The molecule has 0 amide bonds. The number of aromatic nitrogens is 4. The Morgan fingerprint density at radius 2 is 2.00 bits per heavy atom. The highest BCUT2D eigenvalue weighted by Gasteiger charge is 2.10. The van der Waals surface area contributed by atoms with Crippen molar-refractivity contribution in [3.63, 3.8) is 0 Å². The van der Waals surface area contributed by atoms with Crippen molar-refractivity contribution in [1.29, 1.82) is 0 Å². The molecule has 0 aliphatic heterocycles. The number of nitrogens with zero attached hydrogens (tertiary/aromatic N) is 3. The van der Waals surface area contributed by atoms with Gasteiger partial charge in [0.1, 0.15) is 5.69 Å². The summed E-state index contributed by atoms with van der Waals surface area (Å²) in [5, 5.41) is 0. The quantitative estimate of drug-likeness (QED) is 0.752. The molecule has 0 fully saturated rings. The van der Waals surface area contributed by atoms with E-state index in [1.54, 1.807) is 18.5 Å². The van der Waals surface area contributed by atoms with Crippen LogP contribution in [0.15, 0.2) is 36.8 Å². The van der Waals surface area contributed by atoms with Crippen molar-refractivity contribution in [1.82, 2.24) is 19.9 Å². The Kier molecular flexibility index (Phi) is 3.89. The number of rotatable bonds is 3.